The van der Waals surface area contributed by atoms with Crippen LogP contribution >= 0.6 is 23.2 Å². The molecule has 0 aromatic heterocycles. The van der Waals surface area contributed by atoms with Gasteiger partial charge in [0.15, 0.2) is 0 Å². The third-order valence-electron chi connectivity index (χ3n) is 5.33. The van der Waals surface area contributed by atoms with Crippen LogP contribution < -0.4 is 4.74 Å². The Kier molecular flexibility index (Phi) is 6.24. The molecule has 1 saturated carbocycles. The fraction of sp³-hybridized carbons (Fsp3) is 0.240. The maximum Gasteiger partial charge on any atom is 0.119 e. The molecule has 0 N–H and O–H groups in total. The van der Waals surface area contributed by atoms with Crippen molar-refractivity contribution < 1.29 is 4.74 Å². The van der Waals surface area contributed by atoms with Gasteiger partial charge in [0.05, 0.1) is 0 Å². The molecule has 1 unspecified atom stereocenters. The SMILES string of the molecule is Clc1cccc(-c2ccc(Cl)cc2COc2ccc(C3[CH]CCCC3)cc2)c1. The van der Waals surface area contributed by atoms with Gasteiger partial charge in [-0.25, -0.2) is 0 Å². The quantitative estimate of drug-likeness (QED) is 0.413. The Morgan fingerprint density at radius 2 is 1.68 bits per heavy atom. The molecule has 1 aliphatic carbocycles. The van der Waals surface area contributed by atoms with E-state index in [1.165, 1.54) is 31.2 Å². The Hall–Kier alpha value is -1.96. The summed E-state index contributed by atoms with van der Waals surface area (Å²) in [4.78, 5) is 0. The molecule has 0 amide bonds. The molecule has 143 valence electrons. The molecule has 0 heterocycles. The minimum Gasteiger partial charge on any atom is -0.489 e. The Labute approximate surface area is 177 Å². The smallest absolute Gasteiger partial charge is 0.119 e. The van der Waals surface area contributed by atoms with E-state index in [2.05, 4.69) is 30.7 Å². The molecule has 3 aromatic carbocycles. The summed E-state index contributed by atoms with van der Waals surface area (Å²) in [6.07, 6.45) is 7.57. The van der Waals surface area contributed by atoms with Crippen LogP contribution in [0.5, 0.6) is 5.75 Å². The predicted octanol–water partition coefficient (Wildman–Crippen LogP) is 8.10. The van der Waals surface area contributed by atoms with E-state index in [1.54, 1.807) is 0 Å². The number of benzene rings is 3. The third-order valence-corrected chi connectivity index (χ3v) is 5.80. The van der Waals surface area contributed by atoms with E-state index < -0.39 is 0 Å². The molecule has 28 heavy (non-hydrogen) atoms. The zero-order valence-corrected chi connectivity index (χ0v) is 17.2. The van der Waals surface area contributed by atoms with Crippen molar-refractivity contribution in [3.8, 4) is 16.9 Å². The minimum atomic E-state index is 0.456. The summed E-state index contributed by atoms with van der Waals surface area (Å²) in [5.74, 6) is 1.46. The molecule has 0 aliphatic heterocycles. The topological polar surface area (TPSA) is 9.23 Å². The number of rotatable bonds is 5. The van der Waals surface area contributed by atoms with E-state index in [-0.39, 0.29) is 0 Å². The predicted molar refractivity (Wildman–Crippen MR) is 118 cm³/mol. The highest BCUT2D eigenvalue weighted by Crippen LogP contribution is 2.33. The van der Waals surface area contributed by atoms with Crippen molar-refractivity contribution in [2.75, 3.05) is 0 Å². The van der Waals surface area contributed by atoms with Crippen LogP contribution in [0, 0.1) is 6.42 Å². The van der Waals surface area contributed by atoms with Crippen LogP contribution in [0.15, 0.2) is 66.7 Å². The van der Waals surface area contributed by atoms with Gasteiger partial charge in [-0.2, -0.15) is 0 Å². The second kappa shape index (κ2) is 9.03. The Morgan fingerprint density at radius 1 is 0.857 bits per heavy atom. The molecule has 0 spiro atoms. The average molecular weight is 410 g/mol. The van der Waals surface area contributed by atoms with Crippen molar-refractivity contribution in [2.45, 2.75) is 38.2 Å². The van der Waals surface area contributed by atoms with Gasteiger partial charge in [0.25, 0.3) is 0 Å². The van der Waals surface area contributed by atoms with E-state index in [1.807, 2.05) is 42.5 Å². The van der Waals surface area contributed by atoms with Gasteiger partial charge in [-0.1, -0.05) is 66.4 Å². The lowest BCUT2D eigenvalue weighted by Crippen LogP contribution is -2.05. The molecule has 0 bridgehead atoms. The van der Waals surface area contributed by atoms with E-state index in [4.69, 9.17) is 27.9 Å². The van der Waals surface area contributed by atoms with Gasteiger partial charge < -0.3 is 4.74 Å². The van der Waals surface area contributed by atoms with Crippen molar-refractivity contribution in [3.63, 3.8) is 0 Å². The van der Waals surface area contributed by atoms with Gasteiger partial charge in [0.2, 0.25) is 0 Å². The zero-order chi connectivity index (χ0) is 19.3. The number of hydrogen-bond acceptors (Lipinski definition) is 1. The average Bonchev–Trinajstić information content (AvgIpc) is 2.73. The minimum absolute atomic E-state index is 0.456. The molecule has 3 aromatic rings. The van der Waals surface area contributed by atoms with Crippen molar-refractivity contribution >= 4 is 23.2 Å². The van der Waals surface area contributed by atoms with Crippen LogP contribution in [0.3, 0.4) is 0 Å². The van der Waals surface area contributed by atoms with Crippen LogP contribution in [-0.2, 0) is 6.61 Å². The Balaban J connectivity index is 1.49. The van der Waals surface area contributed by atoms with Gasteiger partial charge in [0, 0.05) is 10.0 Å². The lowest BCUT2D eigenvalue weighted by Gasteiger charge is -2.21. The molecule has 1 aliphatic rings. The van der Waals surface area contributed by atoms with Gasteiger partial charge in [-0.05, 0) is 83.8 Å². The number of halogens is 2. The van der Waals surface area contributed by atoms with E-state index in [0.29, 0.717) is 17.5 Å². The Morgan fingerprint density at radius 3 is 2.43 bits per heavy atom. The van der Waals surface area contributed by atoms with Crippen LogP contribution in [0.2, 0.25) is 10.0 Å². The summed E-state index contributed by atoms with van der Waals surface area (Å²) in [5, 5.41) is 1.42. The summed E-state index contributed by atoms with van der Waals surface area (Å²) in [5.41, 5.74) is 4.57. The first-order valence-corrected chi connectivity index (χ1v) is 10.5. The van der Waals surface area contributed by atoms with Crippen molar-refractivity contribution in [1.29, 1.82) is 0 Å². The molecule has 0 saturated heterocycles. The van der Waals surface area contributed by atoms with Gasteiger partial charge in [-0.15, -0.1) is 0 Å². The molecular formula is C25H23Cl2O. The molecule has 1 radical (unpaired) electrons. The molecule has 1 nitrogen and oxygen atoms in total. The zero-order valence-electron chi connectivity index (χ0n) is 15.7. The lowest BCUT2D eigenvalue weighted by atomic mass is 9.84. The lowest BCUT2D eigenvalue weighted by molar-refractivity contribution is 0.306. The fourth-order valence-electron chi connectivity index (χ4n) is 3.84. The van der Waals surface area contributed by atoms with Crippen molar-refractivity contribution in [1.82, 2.24) is 0 Å². The fourth-order valence-corrected chi connectivity index (χ4v) is 4.22. The highest BCUT2D eigenvalue weighted by atomic mass is 35.5. The first kappa shape index (κ1) is 19.4. The highest BCUT2D eigenvalue weighted by Gasteiger charge is 2.15. The standard InChI is InChI=1S/C25H23Cl2O/c26-22-8-4-7-20(15-22)25-14-11-23(27)16-21(25)17-28-24-12-9-19(10-13-24)18-5-2-1-3-6-18/h4-5,7-16,18H,1-3,6,17H2. The maximum absolute atomic E-state index is 6.24. The maximum atomic E-state index is 6.24. The van der Waals surface area contributed by atoms with E-state index in [9.17, 15) is 0 Å². The van der Waals surface area contributed by atoms with Gasteiger partial charge in [0.1, 0.15) is 12.4 Å². The third kappa shape index (κ3) is 4.71. The summed E-state index contributed by atoms with van der Waals surface area (Å²) < 4.78 is 6.08. The first-order chi connectivity index (χ1) is 13.7. The summed E-state index contributed by atoms with van der Waals surface area (Å²) >= 11 is 12.4. The van der Waals surface area contributed by atoms with E-state index in [0.717, 1.165) is 27.5 Å². The second-order valence-corrected chi connectivity index (χ2v) is 8.17. The van der Waals surface area contributed by atoms with Crippen LogP contribution in [0.1, 0.15) is 42.7 Å². The van der Waals surface area contributed by atoms with Crippen LogP contribution in [0.25, 0.3) is 11.1 Å². The van der Waals surface area contributed by atoms with E-state index >= 15 is 0 Å². The number of hydrogen-bond donors (Lipinski definition) is 0. The second-order valence-electron chi connectivity index (χ2n) is 7.30. The van der Waals surface area contributed by atoms with Gasteiger partial charge in [-0.3, -0.25) is 0 Å². The molecule has 4 rings (SSSR count). The normalized spacial score (nSPS) is 14.8. The molecule has 1 atom stereocenters. The summed E-state index contributed by atoms with van der Waals surface area (Å²) in [7, 11) is 0. The molecular weight excluding hydrogens is 387 g/mol. The molecule has 3 heteroatoms. The summed E-state index contributed by atoms with van der Waals surface area (Å²) in [6.45, 7) is 0.456. The Bertz CT molecular complexity index is 928. The summed E-state index contributed by atoms with van der Waals surface area (Å²) in [6, 6.07) is 22.3. The monoisotopic (exact) mass is 409 g/mol. The number of ether oxygens (including phenoxy) is 1. The molecule has 1 fully saturated rings. The van der Waals surface area contributed by atoms with Crippen molar-refractivity contribution in [3.05, 3.63) is 94.3 Å². The van der Waals surface area contributed by atoms with Crippen LogP contribution in [-0.4, -0.2) is 0 Å². The highest BCUT2D eigenvalue weighted by molar-refractivity contribution is 6.31. The van der Waals surface area contributed by atoms with Gasteiger partial charge >= 0.3 is 0 Å². The first-order valence-electron chi connectivity index (χ1n) is 9.79. The largest absolute Gasteiger partial charge is 0.489 e. The van der Waals surface area contributed by atoms with Crippen LogP contribution in [0.4, 0.5) is 0 Å². The van der Waals surface area contributed by atoms with Crippen molar-refractivity contribution in [2.24, 2.45) is 0 Å².